The summed E-state index contributed by atoms with van der Waals surface area (Å²) in [4.78, 5) is 11.3. The van der Waals surface area contributed by atoms with E-state index >= 15 is 0 Å². The summed E-state index contributed by atoms with van der Waals surface area (Å²) in [6.45, 7) is 3.39. The molecule has 1 rings (SSSR count). The molecule has 0 aliphatic heterocycles. The van der Waals surface area contributed by atoms with Crippen LogP contribution in [0, 0.1) is 6.92 Å². The first-order chi connectivity index (χ1) is 7.72. The lowest BCUT2D eigenvalue weighted by Crippen LogP contribution is -2.32. The lowest BCUT2D eigenvalue weighted by Gasteiger charge is -2.07. The molecule has 0 bridgehead atoms. The fourth-order valence-electron chi connectivity index (χ4n) is 1.29. The van der Waals surface area contributed by atoms with Crippen molar-refractivity contribution in [3.8, 4) is 0 Å². The van der Waals surface area contributed by atoms with Crippen LogP contribution in [0.4, 0.5) is 5.69 Å². The second-order valence-electron chi connectivity index (χ2n) is 3.57. The first-order valence-corrected chi connectivity index (χ1v) is 5.28. The zero-order valence-electron chi connectivity index (χ0n) is 9.75. The highest BCUT2D eigenvalue weighted by molar-refractivity contribution is 5.80. The molecule has 0 spiro atoms. The number of aryl methyl sites for hydroxylation is 1. The van der Waals surface area contributed by atoms with E-state index in [2.05, 4.69) is 10.6 Å². The zero-order valence-corrected chi connectivity index (χ0v) is 9.75. The largest absolute Gasteiger partial charge is 0.383 e. The Morgan fingerprint density at radius 3 is 2.94 bits per heavy atom. The van der Waals surface area contributed by atoms with Crippen LogP contribution < -0.4 is 10.6 Å². The van der Waals surface area contributed by atoms with Gasteiger partial charge in [0, 0.05) is 19.3 Å². The molecule has 4 nitrogen and oxygen atoms in total. The molecule has 88 valence electrons. The van der Waals surface area contributed by atoms with Crippen LogP contribution in [0.25, 0.3) is 0 Å². The van der Waals surface area contributed by atoms with Gasteiger partial charge in [0.05, 0.1) is 13.2 Å². The van der Waals surface area contributed by atoms with Crippen LogP contribution in [-0.4, -0.2) is 32.7 Å². The quantitative estimate of drug-likeness (QED) is 0.710. The maximum atomic E-state index is 11.3. The van der Waals surface area contributed by atoms with Gasteiger partial charge in [-0.15, -0.1) is 0 Å². The molecule has 0 heterocycles. The molecule has 0 saturated heterocycles. The number of amides is 1. The molecule has 0 unspecified atom stereocenters. The Morgan fingerprint density at radius 2 is 2.25 bits per heavy atom. The molecular weight excluding hydrogens is 204 g/mol. The third kappa shape index (κ3) is 4.79. The van der Waals surface area contributed by atoms with E-state index < -0.39 is 0 Å². The number of ether oxygens (including phenoxy) is 1. The SMILES string of the molecule is COCCNC(=O)CNc1cccc(C)c1. The van der Waals surface area contributed by atoms with Gasteiger partial charge in [0.1, 0.15) is 0 Å². The number of benzene rings is 1. The Balaban J connectivity index is 2.26. The number of hydrogen-bond acceptors (Lipinski definition) is 3. The molecule has 0 fully saturated rings. The lowest BCUT2D eigenvalue weighted by atomic mass is 10.2. The Labute approximate surface area is 96.0 Å². The monoisotopic (exact) mass is 222 g/mol. The summed E-state index contributed by atoms with van der Waals surface area (Å²) >= 11 is 0. The highest BCUT2D eigenvalue weighted by atomic mass is 16.5. The minimum Gasteiger partial charge on any atom is -0.383 e. The summed E-state index contributed by atoms with van der Waals surface area (Å²) < 4.78 is 4.84. The molecule has 16 heavy (non-hydrogen) atoms. The summed E-state index contributed by atoms with van der Waals surface area (Å²) in [5.41, 5.74) is 2.13. The van der Waals surface area contributed by atoms with E-state index in [4.69, 9.17) is 4.74 Å². The summed E-state index contributed by atoms with van der Waals surface area (Å²) in [5.74, 6) is -0.0291. The Hall–Kier alpha value is -1.55. The fraction of sp³-hybridized carbons (Fsp3) is 0.417. The van der Waals surface area contributed by atoms with Crippen molar-refractivity contribution in [2.45, 2.75) is 6.92 Å². The van der Waals surface area contributed by atoms with E-state index in [1.807, 2.05) is 31.2 Å². The van der Waals surface area contributed by atoms with Gasteiger partial charge in [-0.25, -0.2) is 0 Å². The zero-order chi connectivity index (χ0) is 11.8. The van der Waals surface area contributed by atoms with Crippen LogP contribution in [0.3, 0.4) is 0 Å². The molecule has 4 heteroatoms. The maximum absolute atomic E-state index is 11.3. The number of rotatable bonds is 6. The molecule has 0 saturated carbocycles. The van der Waals surface area contributed by atoms with Crippen molar-refractivity contribution in [2.24, 2.45) is 0 Å². The van der Waals surface area contributed by atoms with Crippen LogP contribution >= 0.6 is 0 Å². The molecule has 0 radical (unpaired) electrons. The molecule has 0 aliphatic carbocycles. The average Bonchev–Trinajstić information content (AvgIpc) is 2.27. The first kappa shape index (κ1) is 12.5. The van der Waals surface area contributed by atoms with Gasteiger partial charge >= 0.3 is 0 Å². The van der Waals surface area contributed by atoms with E-state index in [1.165, 1.54) is 5.56 Å². The van der Waals surface area contributed by atoms with E-state index in [0.717, 1.165) is 5.69 Å². The molecule has 0 aromatic heterocycles. The van der Waals surface area contributed by atoms with Crippen molar-refractivity contribution in [2.75, 3.05) is 32.1 Å². The van der Waals surface area contributed by atoms with E-state index in [0.29, 0.717) is 13.2 Å². The summed E-state index contributed by atoms with van der Waals surface area (Å²) in [6, 6.07) is 7.92. The molecule has 1 amide bonds. The number of carbonyl (C=O) groups excluding carboxylic acids is 1. The van der Waals surface area contributed by atoms with Gasteiger partial charge in [0.2, 0.25) is 5.91 Å². The van der Waals surface area contributed by atoms with Crippen molar-refractivity contribution >= 4 is 11.6 Å². The van der Waals surface area contributed by atoms with Gasteiger partial charge in [0.15, 0.2) is 0 Å². The minimum absolute atomic E-state index is 0.0291. The molecule has 0 atom stereocenters. The second-order valence-corrected chi connectivity index (χ2v) is 3.57. The maximum Gasteiger partial charge on any atom is 0.239 e. The first-order valence-electron chi connectivity index (χ1n) is 5.28. The van der Waals surface area contributed by atoms with Crippen LogP contribution in [-0.2, 0) is 9.53 Å². The highest BCUT2D eigenvalue weighted by Gasteiger charge is 1.99. The average molecular weight is 222 g/mol. The van der Waals surface area contributed by atoms with Gasteiger partial charge in [0.25, 0.3) is 0 Å². The summed E-state index contributed by atoms with van der Waals surface area (Å²) in [6.07, 6.45) is 0. The Bertz CT molecular complexity index is 340. The molecular formula is C12H18N2O2. The third-order valence-corrected chi connectivity index (χ3v) is 2.10. The van der Waals surface area contributed by atoms with E-state index in [9.17, 15) is 4.79 Å². The molecule has 1 aromatic carbocycles. The Morgan fingerprint density at radius 1 is 1.44 bits per heavy atom. The predicted octanol–water partition coefficient (Wildman–Crippen LogP) is 1.17. The lowest BCUT2D eigenvalue weighted by molar-refractivity contribution is -0.119. The van der Waals surface area contributed by atoms with Gasteiger partial charge in [-0.2, -0.15) is 0 Å². The number of hydrogen-bond donors (Lipinski definition) is 2. The van der Waals surface area contributed by atoms with Crippen LogP contribution in [0.1, 0.15) is 5.56 Å². The van der Waals surface area contributed by atoms with Crippen LogP contribution in [0.5, 0.6) is 0 Å². The van der Waals surface area contributed by atoms with Crippen molar-refractivity contribution in [3.05, 3.63) is 29.8 Å². The Kier molecular flexibility index (Phi) is 5.36. The number of methoxy groups -OCH3 is 1. The van der Waals surface area contributed by atoms with Gasteiger partial charge in [-0.3, -0.25) is 4.79 Å². The van der Waals surface area contributed by atoms with Crippen LogP contribution in [0.15, 0.2) is 24.3 Å². The normalized spacial score (nSPS) is 9.88. The second kappa shape index (κ2) is 6.85. The summed E-state index contributed by atoms with van der Waals surface area (Å²) in [5, 5.41) is 5.80. The highest BCUT2D eigenvalue weighted by Crippen LogP contribution is 2.08. The van der Waals surface area contributed by atoms with Crippen molar-refractivity contribution in [1.29, 1.82) is 0 Å². The molecule has 1 aromatic rings. The number of nitrogens with one attached hydrogen (secondary N) is 2. The standard InChI is InChI=1S/C12H18N2O2/c1-10-4-3-5-11(8-10)14-9-12(15)13-6-7-16-2/h3-5,8,14H,6-7,9H2,1-2H3,(H,13,15). The van der Waals surface area contributed by atoms with E-state index in [-0.39, 0.29) is 12.5 Å². The molecule has 0 aliphatic rings. The predicted molar refractivity (Wildman–Crippen MR) is 64.6 cm³/mol. The smallest absolute Gasteiger partial charge is 0.239 e. The van der Waals surface area contributed by atoms with Crippen molar-refractivity contribution in [3.63, 3.8) is 0 Å². The fourth-order valence-corrected chi connectivity index (χ4v) is 1.29. The summed E-state index contributed by atoms with van der Waals surface area (Å²) in [7, 11) is 1.61. The number of anilines is 1. The van der Waals surface area contributed by atoms with Crippen molar-refractivity contribution in [1.82, 2.24) is 5.32 Å². The van der Waals surface area contributed by atoms with Crippen molar-refractivity contribution < 1.29 is 9.53 Å². The van der Waals surface area contributed by atoms with E-state index in [1.54, 1.807) is 7.11 Å². The molecule has 2 N–H and O–H groups in total. The van der Waals surface area contributed by atoms with Gasteiger partial charge in [-0.05, 0) is 24.6 Å². The minimum atomic E-state index is -0.0291. The van der Waals surface area contributed by atoms with Crippen LogP contribution in [0.2, 0.25) is 0 Å². The van der Waals surface area contributed by atoms with Gasteiger partial charge in [-0.1, -0.05) is 12.1 Å². The topological polar surface area (TPSA) is 50.4 Å². The number of carbonyl (C=O) groups is 1. The third-order valence-electron chi connectivity index (χ3n) is 2.10. The van der Waals surface area contributed by atoms with Gasteiger partial charge < -0.3 is 15.4 Å².